The molecule has 3 aromatic carbocycles. The average molecular weight is 500 g/mol. The minimum Gasteiger partial charge on any atom is -0.454 e. The Balaban J connectivity index is 1.62. The number of nitrogens with one attached hydrogen (secondary N) is 2. The van der Waals surface area contributed by atoms with E-state index in [1.807, 2.05) is 0 Å². The number of benzene rings is 3. The molecule has 2 N–H and O–H groups in total. The van der Waals surface area contributed by atoms with Crippen molar-refractivity contribution in [2.45, 2.75) is 0 Å². The number of carbonyl (C=O) groups is 2. The summed E-state index contributed by atoms with van der Waals surface area (Å²) in [6.45, 7) is 0.146. The summed E-state index contributed by atoms with van der Waals surface area (Å²) < 4.78 is 11.6. The number of rotatable bonds is 5. The molecule has 0 unspecified atom stereocenters. The normalized spacial score (nSPS) is 12.4. The minimum absolute atomic E-state index is 0.0711. The van der Waals surface area contributed by atoms with E-state index in [4.69, 9.17) is 21.1 Å². The summed E-state index contributed by atoms with van der Waals surface area (Å²) in [7, 11) is 0. The lowest BCUT2D eigenvalue weighted by Crippen LogP contribution is -2.30. The fourth-order valence-electron chi connectivity index (χ4n) is 2.86. The number of amides is 2. The molecule has 156 valence electrons. The van der Waals surface area contributed by atoms with Crippen molar-refractivity contribution in [3.8, 4) is 11.5 Å². The van der Waals surface area contributed by atoms with Crippen molar-refractivity contribution in [1.82, 2.24) is 5.32 Å². The SMILES string of the molecule is O=C(Nc1ccc(Cl)cc1)/C(=C/c1ccc2c(c1)OCO2)NC(=O)c1ccc(Br)cc1. The molecule has 2 amide bonds. The number of halogens is 2. The summed E-state index contributed by atoms with van der Waals surface area (Å²) in [5, 5.41) is 6.01. The van der Waals surface area contributed by atoms with Gasteiger partial charge in [0.05, 0.1) is 0 Å². The van der Waals surface area contributed by atoms with Crippen molar-refractivity contribution in [1.29, 1.82) is 0 Å². The van der Waals surface area contributed by atoms with Crippen molar-refractivity contribution in [2.24, 2.45) is 0 Å². The van der Waals surface area contributed by atoms with Gasteiger partial charge in [-0.2, -0.15) is 0 Å². The lowest BCUT2D eigenvalue weighted by atomic mass is 10.1. The van der Waals surface area contributed by atoms with E-state index in [9.17, 15) is 9.59 Å². The molecule has 3 aromatic rings. The molecule has 31 heavy (non-hydrogen) atoms. The highest BCUT2D eigenvalue weighted by Crippen LogP contribution is 2.33. The first-order chi connectivity index (χ1) is 15.0. The van der Waals surface area contributed by atoms with Gasteiger partial charge in [0.1, 0.15) is 5.70 Å². The van der Waals surface area contributed by atoms with E-state index in [-0.39, 0.29) is 12.5 Å². The van der Waals surface area contributed by atoms with Crippen LogP contribution < -0.4 is 20.1 Å². The zero-order valence-electron chi connectivity index (χ0n) is 16.0. The molecular weight excluding hydrogens is 484 g/mol. The van der Waals surface area contributed by atoms with Crippen LogP contribution in [0.1, 0.15) is 15.9 Å². The van der Waals surface area contributed by atoms with Gasteiger partial charge in [0.15, 0.2) is 11.5 Å². The summed E-state index contributed by atoms with van der Waals surface area (Å²) in [6, 6.07) is 18.8. The summed E-state index contributed by atoms with van der Waals surface area (Å²) in [5.74, 6) is 0.310. The third-order valence-corrected chi connectivity index (χ3v) is 5.19. The average Bonchev–Trinajstić information content (AvgIpc) is 3.23. The number of carbonyl (C=O) groups excluding carboxylic acids is 2. The van der Waals surface area contributed by atoms with Crippen LogP contribution in [0.15, 0.2) is 76.9 Å². The monoisotopic (exact) mass is 498 g/mol. The Kier molecular flexibility index (Phi) is 6.25. The van der Waals surface area contributed by atoms with Gasteiger partial charge < -0.3 is 20.1 Å². The van der Waals surface area contributed by atoms with Crippen LogP contribution in [-0.2, 0) is 4.79 Å². The molecule has 8 heteroatoms. The number of anilines is 1. The topological polar surface area (TPSA) is 76.7 Å². The second-order valence-corrected chi connectivity index (χ2v) is 7.94. The van der Waals surface area contributed by atoms with Gasteiger partial charge in [-0.25, -0.2) is 0 Å². The molecule has 0 saturated heterocycles. The molecule has 6 nitrogen and oxygen atoms in total. The van der Waals surface area contributed by atoms with Crippen molar-refractivity contribution in [2.75, 3.05) is 12.1 Å². The van der Waals surface area contributed by atoms with Gasteiger partial charge in [0.2, 0.25) is 6.79 Å². The lowest BCUT2D eigenvalue weighted by molar-refractivity contribution is -0.113. The molecule has 0 radical (unpaired) electrons. The zero-order valence-corrected chi connectivity index (χ0v) is 18.4. The highest BCUT2D eigenvalue weighted by molar-refractivity contribution is 9.10. The zero-order chi connectivity index (χ0) is 21.8. The van der Waals surface area contributed by atoms with Crippen molar-refractivity contribution in [3.05, 3.63) is 93.0 Å². The highest BCUT2D eigenvalue weighted by atomic mass is 79.9. The van der Waals surface area contributed by atoms with Crippen LogP contribution in [-0.4, -0.2) is 18.6 Å². The second kappa shape index (κ2) is 9.24. The largest absolute Gasteiger partial charge is 0.454 e. The molecule has 1 heterocycles. The number of ether oxygens (including phenoxy) is 2. The Hall–Kier alpha value is -3.29. The van der Waals surface area contributed by atoms with Crippen LogP contribution >= 0.6 is 27.5 Å². The Bertz CT molecular complexity index is 1160. The van der Waals surface area contributed by atoms with Gasteiger partial charge in [-0.05, 0) is 72.3 Å². The fourth-order valence-corrected chi connectivity index (χ4v) is 3.25. The van der Waals surface area contributed by atoms with Crippen LogP contribution in [0.3, 0.4) is 0 Å². The van der Waals surface area contributed by atoms with Crippen LogP contribution in [0.25, 0.3) is 6.08 Å². The first kappa shape index (κ1) is 21.0. The van der Waals surface area contributed by atoms with Crippen LogP contribution in [0.2, 0.25) is 5.02 Å². The van der Waals surface area contributed by atoms with Crippen molar-refractivity contribution < 1.29 is 19.1 Å². The Morgan fingerprint density at radius 3 is 2.39 bits per heavy atom. The highest BCUT2D eigenvalue weighted by Gasteiger charge is 2.17. The van der Waals surface area contributed by atoms with Gasteiger partial charge in [-0.1, -0.05) is 33.6 Å². The molecule has 0 fully saturated rings. The maximum Gasteiger partial charge on any atom is 0.272 e. The molecule has 1 aliphatic rings. The van der Waals surface area contributed by atoms with Crippen LogP contribution in [0, 0.1) is 0 Å². The fraction of sp³-hybridized carbons (Fsp3) is 0.0435. The minimum atomic E-state index is -0.481. The Morgan fingerprint density at radius 1 is 0.935 bits per heavy atom. The molecule has 1 aliphatic heterocycles. The van der Waals surface area contributed by atoms with E-state index >= 15 is 0 Å². The maximum atomic E-state index is 13.0. The van der Waals surface area contributed by atoms with E-state index in [0.29, 0.717) is 33.3 Å². The van der Waals surface area contributed by atoms with Crippen LogP contribution in [0.5, 0.6) is 11.5 Å². The Labute approximate surface area is 191 Å². The predicted molar refractivity (Wildman–Crippen MR) is 122 cm³/mol. The van der Waals surface area contributed by atoms with Crippen LogP contribution in [0.4, 0.5) is 5.69 Å². The van der Waals surface area contributed by atoms with Gasteiger partial charge >= 0.3 is 0 Å². The Morgan fingerprint density at radius 2 is 1.65 bits per heavy atom. The number of hydrogen-bond acceptors (Lipinski definition) is 4. The van der Waals surface area contributed by atoms with E-state index in [2.05, 4.69) is 26.6 Å². The molecular formula is C23H16BrClN2O4. The van der Waals surface area contributed by atoms with Gasteiger partial charge in [-0.3, -0.25) is 9.59 Å². The summed E-state index contributed by atoms with van der Waals surface area (Å²) >= 11 is 9.25. The summed E-state index contributed by atoms with van der Waals surface area (Å²) in [4.78, 5) is 25.7. The standard InChI is InChI=1S/C23H16BrClN2O4/c24-16-4-2-15(3-5-16)22(28)27-19(23(29)26-18-8-6-17(25)7-9-18)11-14-1-10-20-21(12-14)31-13-30-20/h1-12H,13H2,(H,26,29)(H,27,28)/b19-11-. The molecule has 0 atom stereocenters. The third-order valence-electron chi connectivity index (χ3n) is 4.41. The summed E-state index contributed by atoms with van der Waals surface area (Å²) in [6.07, 6.45) is 1.57. The van der Waals surface area contributed by atoms with E-state index in [0.717, 1.165) is 4.47 Å². The number of hydrogen-bond donors (Lipinski definition) is 2. The first-order valence-corrected chi connectivity index (χ1v) is 10.4. The predicted octanol–water partition coefficient (Wildman–Crippen LogP) is 5.24. The summed E-state index contributed by atoms with van der Waals surface area (Å²) in [5.41, 5.74) is 1.70. The van der Waals surface area contributed by atoms with Gasteiger partial charge in [0.25, 0.3) is 11.8 Å². The second-order valence-electron chi connectivity index (χ2n) is 6.59. The van der Waals surface area contributed by atoms with E-state index < -0.39 is 11.8 Å². The molecule has 4 rings (SSSR count). The lowest BCUT2D eigenvalue weighted by Gasteiger charge is -2.12. The van der Waals surface area contributed by atoms with E-state index in [1.165, 1.54) is 0 Å². The van der Waals surface area contributed by atoms with Crippen molar-refractivity contribution >= 4 is 51.1 Å². The van der Waals surface area contributed by atoms with Gasteiger partial charge in [0, 0.05) is 20.7 Å². The molecule has 0 spiro atoms. The molecule has 0 saturated carbocycles. The quantitative estimate of drug-likeness (QED) is 0.471. The smallest absolute Gasteiger partial charge is 0.272 e. The maximum absolute atomic E-state index is 13.0. The van der Waals surface area contributed by atoms with Gasteiger partial charge in [-0.15, -0.1) is 0 Å². The molecule has 0 aromatic heterocycles. The molecule has 0 bridgehead atoms. The number of fused-ring (bicyclic) bond motifs is 1. The first-order valence-electron chi connectivity index (χ1n) is 9.23. The van der Waals surface area contributed by atoms with Crippen molar-refractivity contribution in [3.63, 3.8) is 0 Å². The molecule has 0 aliphatic carbocycles. The van der Waals surface area contributed by atoms with E-state index in [1.54, 1.807) is 72.8 Å². The third kappa shape index (κ3) is 5.25.